The van der Waals surface area contributed by atoms with Gasteiger partial charge in [-0.25, -0.2) is 0 Å². The van der Waals surface area contributed by atoms with Crippen molar-refractivity contribution in [3.63, 3.8) is 0 Å². The van der Waals surface area contributed by atoms with Crippen molar-refractivity contribution in [2.45, 2.75) is 13.0 Å². The predicted octanol–water partition coefficient (Wildman–Crippen LogP) is 1.67. The average molecular weight is 406 g/mol. The first-order valence-corrected chi connectivity index (χ1v) is 10.4. The van der Waals surface area contributed by atoms with E-state index >= 15 is 0 Å². The van der Waals surface area contributed by atoms with Crippen LogP contribution in [0.4, 0.5) is 5.82 Å². The molecule has 0 aliphatic carbocycles. The van der Waals surface area contributed by atoms with Crippen molar-refractivity contribution in [1.29, 1.82) is 0 Å². The highest BCUT2D eigenvalue weighted by Gasteiger charge is 2.26. The minimum atomic E-state index is 0.209. The Morgan fingerprint density at radius 1 is 1.13 bits per heavy atom. The number of aromatic amines is 1. The van der Waals surface area contributed by atoms with Crippen LogP contribution in [0.15, 0.2) is 36.7 Å². The van der Waals surface area contributed by atoms with Gasteiger partial charge in [-0.1, -0.05) is 18.2 Å². The molecular formula is C22H26N6O2. The molecule has 2 aromatic heterocycles. The second kappa shape index (κ2) is 7.95. The Morgan fingerprint density at radius 3 is 2.80 bits per heavy atom. The summed E-state index contributed by atoms with van der Waals surface area (Å²) in [6.07, 6.45) is 4.25. The van der Waals surface area contributed by atoms with Gasteiger partial charge in [-0.05, 0) is 6.07 Å². The van der Waals surface area contributed by atoms with Crippen molar-refractivity contribution in [2.75, 3.05) is 51.3 Å². The number of anilines is 1. The number of H-pyrrole nitrogens is 1. The van der Waals surface area contributed by atoms with Gasteiger partial charge < -0.3 is 19.5 Å². The summed E-state index contributed by atoms with van der Waals surface area (Å²) in [4.78, 5) is 31.6. The minimum Gasteiger partial charge on any atom is -0.480 e. The minimum absolute atomic E-state index is 0.209. The Labute approximate surface area is 175 Å². The van der Waals surface area contributed by atoms with Crippen LogP contribution >= 0.6 is 0 Å². The number of hydrogen-bond donors (Lipinski definition) is 1. The molecule has 1 N–H and O–H groups in total. The first kappa shape index (κ1) is 18.9. The third kappa shape index (κ3) is 3.59. The zero-order valence-electron chi connectivity index (χ0n) is 17.2. The van der Waals surface area contributed by atoms with Crippen LogP contribution in [0.1, 0.15) is 11.3 Å². The van der Waals surface area contributed by atoms with Crippen molar-refractivity contribution in [3.05, 3.63) is 47.9 Å². The Kier molecular flexibility index (Phi) is 5.00. The van der Waals surface area contributed by atoms with Crippen LogP contribution in [0.5, 0.6) is 5.88 Å². The molecule has 0 saturated carbocycles. The molecule has 2 aliphatic rings. The summed E-state index contributed by atoms with van der Waals surface area (Å²) < 4.78 is 5.17. The van der Waals surface area contributed by atoms with Gasteiger partial charge in [-0.15, -0.1) is 0 Å². The van der Waals surface area contributed by atoms with Gasteiger partial charge in [0.15, 0.2) is 5.82 Å². The highest BCUT2D eigenvalue weighted by molar-refractivity contribution is 5.86. The van der Waals surface area contributed by atoms with E-state index in [2.05, 4.69) is 43.0 Å². The number of ether oxygens (including phenoxy) is 1. The van der Waals surface area contributed by atoms with Crippen LogP contribution in [0.25, 0.3) is 10.9 Å². The second-order valence-electron chi connectivity index (χ2n) is 7.88. The summed E-state index contributed by atoms with van der Waals surface area (Å²) in [7, 11) is 1.59. The van der Waals surface area contributed by atoms with Crippen molar-refractivity contribution < 1.29 is 9.53 Å². The number of benzene rings is 1. The summed E-state index contributed by atoms with van der Waals surface area (Å²) in [5.41, 5.74) is 3.70. The number of nitrogens with one attached hydrogen (secondary N) is 1. The molecular weight excluding hydrogens is 380 g/mol. The number of amides is 1. The lowest BCUT2D eigenvalue weighted by Crippen LogP contribution is -2.50. The summed E-state index contributed by atoms with van der Waals surface area (Å²) >= 11 is 0. The molecule has 1 fully saturated rings. The molecule has 0 unspecified atom stereocenters. The molecule has 0 bridgehead atoms. The number of aromatic nitrogens is 3. The maximum atomic E-state index is 13.0. The van der Waals surface area contributed by atoms with Crippen LogP contribution in [0, 0.1) is 0 Å². The van der Waals surface area contributed by atoms with Crippen LogP contribution in [0.2, 0.25) is 0 Å². The molecule has 1 amide bonds. The van der Waals surface area contributed by atoms with Crippen molar-refractivity contribution in [1.82, 2.24) is 24.8 Å². The van der Waals surface area contributed by atoms with Crippen molar-refractivity contribution >= 4 is 22.6 Å². The largest absolute Gasteiger partial charge is 0.480 e. The SMILES string of the molecule is COc1cncc(N2CCN(CC(=O)N3CCc4[nH]c5ccccc5c4C3)CC2)n1. The van der Waals surface area contributed by atoms with Crippen LogP contribution in [-0.2, 0) is 17.8 Å². The molecule has 2 aliphatic heterocycles. The highest BCUT2D eigenvalue weighted by atomic mass is 16.5. The normalized spacial score (nSPS) is 17.2. The second-order valence-corrected chi connectivity index (χ2v) is 7.88. The van der Waals surface area contributed by atoms with Crippen molar-refractivity contribution in [2.24, 2.45) is 0 Å². The van der Waals surface area contributed by atoms with Gasteiger partial charge in [0.1, 0.15) is 0 Å². The fraction of sp³-hybridized carbons (Fsp3) is 0.409. The topological polar surface area (TPSA) is 77.6 Å². The first-order chi connectivity index (χ1) is 14.7. The Hall–Kier alpha value is -3.13. The van der Waals surface area contributed by atoms with Gasteiger partial charge in [-0.2, -0.15) is 4.98 Å². The Balaban J connectivity index is 1.19. The van der Waals surface area contributed by atoms with Crippen LogP contribution in [-0.4, -0.2) is 77.0 Å². The summed E-state index contributed by atoms with van der Waals surface area (Å²) in [6, 6.07) is 8.35. The monoisotopic (exact) mass is 406 g/mol. The van der Waals surface area contributed by atoms with Gasteiger partial charge in [0.05, 0.1) is 26.0 Å². The third-order valence-electron chi connectivity index (χ3n) is 6.10. The number of fused-ring (bicyclic) bond motifs is 3. The lowest BCUT2D eigenvalue weighted by atomic mass is 10.0. The summed E-state index contributed by atoms with van der Waals surface area (Å²) in [5, 5.41) is 1.23. The fourth-order valence-corrected chi connectivity index (χ4v) is 4.39. The van der Waals surface area contributed by atoms with E-state index in [1.807, 2.05) is 11.0 Å². The molecule has 0 atom stereocenters. The predicted molar refractivity (Wildman–Crippen MR) is 115 cm³/mol. The number of hydrogen-bond acceptors (Lipinski definition) is 6. The number of rotatable bonds is 4. The van der Waals surface area contributed by atoms with E-state index in [-0.39, 0.29) is 5.91 Å². The van der Waals surface area contributed by atoms with Crippen LogP contribution < -0.4 is 9.64 Å². The fourth-order valence-electron chi connectivity index (χ4n) is 4.39. The number of carbonyl (C=O) groups is 1. The number of carbonyl (C=O) groups excluding carboxylic acids is 1. The van der Waals surface area contributed by atoms with Crippen LogP contribution in [0.3, 0.4) is 0 Å². The quantitative estimate of drug-likeness (QED) is 0.710. The molecule has 0 radical (unpaired) electrons. The van der Waals surface area contributed by atoms with E-state index in [1.165, 1.54) is 16.6 Å². The van der Waals surface area contributed by atoms with E-state index in [9.17, 15) is 4.79 Å². The van der Waals surface area contributed by atoms with E-state index < -0.39 is 0 Å². The zero-order valence-corrected chi connectivity index (χ0v) is 17.2. The number of para-hydroxylation sites is 1. The maximum Gasteiger partial charge on any atom is 0.237 e. The van der Waals surface area contributed by atoms with Gasteiger partial charge in [-0.3, -0.25) is 14.7 Å². The molecule has 5 rings (SSSR count). The standard InChI is InChI=1S/C22H26N6O2/c1-30-21-13-23-12-20(25-21)27-10-8-26(9-11-27)15-22(29)28-7-6-19-17(14-28)16-4-2-3-5-18(16)24-19/h2-5,12-13,24H,6-11,14-15H2,1H3. The lowest BCUT2D eigenvalue weighted by molar-refractivity contribution is -0.133. The molecule has 4 heterocycles. The number of nitrogens with zero attached hydrogens (tertiary/aromatic N) is 5. The lowest BCUT2D eigenvalue weighted by Gasteiger charge is -2.36. The van der Waals surface area contributed by atoms with E-state index in [0.717, 1.165) is 50.5 Å². The smallest absolute Gasteiger partial charge is 0.237 e. The van der Waals surface area contributed by atoms with Gasteiger partial charge >= 0.3 is 0 Å². The number of piperazine rings is 1. The molecule has 1 saturated heterocycles. The van der Waals surface area contributed by atoms with Gasteiger partial charge in [0.25, 0.3) is 0 Å². The summed E-state index contributed by atoms with van der Waals surface area (Å²) in [6.45, 7) is 5.24. The molecule has 3 aromatic rings. The Morgan fingerprint density at radius 2 is 1.97 bits per heavy atom. The average Bonchev–Trinajstić information content (AvgIpc) is 3.17. The summed E-state index contributed by atoms with van der Waals surface area (Å²) in [5.74, 6) is 1.55. The van der Waals surface area contributed by atoms with E-state index in [1.54, 1.807) is 19.5 Å². The third-order valence-corrected chi connectivity index (χ3v) is 6.10. The maximum absolute atomic E-state index is 13.0. The molecule has 156 valence electrons. The van der Waals surface area contributed by atoms with Gasteiger partial charge in [0.2, 0.25) is 11.8 Å². The van der Waals surface area contributed by atoms with E-state index in [0.29, 0.717) is 19.0 Å². The molecule has 1 aromatic carbocycles. The Bertz CT molecular complexity index is 1060. The van der Waals surface area contributed by atoms with Crippen molar-refractivity contribution in [3.8, 4) is 5.88 Å². The molecule has 30 heavy (non-hydrogen) atoms. The molecule has 8 heteroatoms. The zero-order chi connectivity index (χ0) is 20.5. The van der Waals surface area contributed by atoms with Gasteiger partial charge in [0, 0.05) is 67.8 Å². The number of methoxy groups -OCH3 is 1. The first-order valence-electron chi connectivity index (χ1n) is 10.4. The van der Waals surface area contributed by atoms with E-state index in [4.69, 9.17) is 4.74 Å². The molecule has 0 spiro atoms. The molecule has 8 nitrogen and oxygen atoms in total. The highest BCUT2D eigenvalue weighted by Crippen LogP contribution is 2.27.